The minimum Gasteiger partial charge on any atom is -0.388 e. The molecule has 2 N–H and O–H groups in total. The summed E-state index contributed by atoms with van der Waals surface area (Å²) in [5.41, 5.74) is -1.24. The first-order valence-corrected chi connectivity index (χ1v) is 5.65. The van der Waals surface area contributed by atoms with Crippen molar-refractivity contribution in [3.05, 3.63) is 34.9 Å². The smallest absolute Gasteiger partial charge is 0.300 e. The first-order chi connectivity index (χ1) is 7.75. The Labute approximate surface area is 98.9 Å². The molecule has 0 radical (unpaired) electrons. The maximum atomic E-state index is 14.1. The Morgan fingerprint density at radius 1 is 1.29 bits per heavy atom. The third kappa shape index (κ3) is 1.85. The van der Waals surface area contributed by atoms with Gasteiger partial charge in [-0.25, -0.2) is 0 Å². The van der Waals surface area contributed by atoms with Crippen LogP contribution in [0.25, 0.3) is 0 Å². The molecule has 0 saturated heterocycles. The minimum absolute atomic E-state index is 0.168. The van der Waals surface area contributed by atoms with Crippen LogP contribution in [0.4, 0.5) is 8.78 Å². The zero-order valence-electron chi connectivity index (χ0n) is 9.87. The quantitative estimate of drug-likeness (QED) is 0.836. The number of hydrogen-bond donors (Lipinski definition) is 2. The number of hydrogen-bond acceptors (Lipinski definition) is 2. The van der Waals surface area contributed by atoms with Crippen LogP contribution in [0.15, 0.2) is 18.2 Å². The Morgan fingerprint density at radius 2 is 1.94 bits per heavy atom. The second kappa shape index (κ2) is 3.75. The monoisotopic (exact) mass is 242 g/mol. The molecule has 4 heteroatoms. The van der Waals surface area contributed by atoms with Gasteiger partial charge in [-0.2, -0.15) is 8.78 Å². The van der Waals surface area contributed by atoms with Crippen molar-refractivity contribution in [2.75, 3.05) is 0 Å². The van der Waals surface area contributed by atoms with Gasteiger partial charge in [0.2, 0.25) is 0 Å². The lowest BCUT2D eigenvalue weighted by molar-refractivity contribution is -0.169. The van der Waals surface area contributed by atoms with Gasteiger partial charge in [0, 0.05) is 5.56 Å². The molecule has 2 rings (SSSR count). The van der Waals surface area contributed by atoms with Crippen LogP contribution in [-0.2, 0) is 12.3 Å². The Bertz CT molecular complexity index is 436. The molecule has 2 nitrogen and oxygen atoms in total. The molecule has 94 valence electrons. The predicted octanol–water partition coefficient (Wildman–Crippen LogP) is 2.53. The topological polar surface area (TPSA) is 40.5 Å². The lowest BCUT2D eigenvalue weighted by Gasteiger charge is -2.30. The van der Waals surface area contributed by atoms with Crippen LogP contribution >= 0.6 is 0 Å². The number of halogens is 2. The highest BCUT2D eigenvalue weighted by Gasteiger charge is 2.49. The number of aliphatic hydroxyl groups excluding tert-OH is 1. The largest absolute Gasteiger partial charge is 0.388 e. The zero-order valence-corrected chi connectivity index (χ0v) is 9.87. The van der Waals surface area contributed by atoms with Gasteiger partial charge in [0.1, 0.15) is 5.60 Å². The summed E-state index contributed by atoms with van der Waals surface area (Å²) in [6.45, 7) is 2.19. The molecule has 0 heterocycles. The van der Waals surface area contributed by atoms with Crippen molar-refractivity contribution in [2.24, 2.45) is 0 Å². The van der Waals surface area contributed by atoms with Gasteiger partial charge in [0.05, 0.1) is 6.10 Å². The summed E-state index contributed by atoms with van der Waals surface area (Å²) < 4.78 is 28.2. The average molecular weight is 242 g/mol. The van der Waals surface area contributed by atoms with Crippen LogP contribution < -0.4 is 0 Å². The van der Waals surface area contributed by atoms with Gasteiger partial charge in [-0.15, -0.1) is 0 Å². The fourth-order valence-electron chi connectivity index (χ4n) is 2.26. The first-order valence-electron chi connectivity index (χ1n) is 5.65. The second-order valence-corrected chi connectivity index (χ2v) is 5.06. The molecule has 0 spiro atoms. The van der Waals surface area contributed by atoms with E-state index in [-0.39, 0.29) is 5.56 Å². The molecule has 0 aromatic heterocycles. The molecular weight excluding hydrogens is 226 g/mol. The second-order valence-electron chi connectivity index (χ2n) is 5.06. The number of fused-ring (bicyclic) bond motifs is 1. The molecule has 0 aliphatic heterocycles. The maximum Gasteiger partial charge on any atom is 0.300 e. The highest BCUT2D eigenvalue weighted by atomic mass is 19.3. The van der Waals surface area contributed by atoms with Crippen LogP contribution in [0.3, 0.4) is 0 Å². The molecule has 0 fully saturated rings. The number of aliphatic hydroxyl groups is 2. The standard InChI is InChI=1S/C13H16F2O2/c1-12(2,17)13(14,15)10-5-3-4-9-8(10)6-7-11(9)16/h3-5,11,16-17H,6-7H2,1-2H3. The van der Waals surface area contributed by atoms with Crippen molar-refractivity contribution in [1.29, 1.82) is 0 Å². The maximum absolute atomic E-state index is 14.1. The highest BCUT2D eigenvalue weighted by Crippen LogP contribution is 2.44. The normalized spacial score (nSPS) is 20.5. The number of rotatable bonds is 2. The summed E-state index contributed by atoms with van der Waals surface area (Å²) in [7, 11) is 0. The van der Waals surface area contributed by atoms with Crippen LogP contribution in [-0.4, -0.2) is 15.8 Å². The molecule has 17 heavy (non-hydrogen) atoms. The predicted molar refractivity (Wildman–Crippen MR) is 59.9 cm³/mol. The molecule has 1 atom stereocenters. The number of alkyl halides is 2. The van der Waals surface area contributed by atoms with E-state index in [0.717, 1.165) is 13.8 Å². The SMILES string of the molecule is CC(C)(O)C(F)(F)c1cccc2c1CCC2O. The highest BCUT2D eigenvalue weighted by molar-refractivity contribution is 5.43. The van der Waals surface area contributed by atoms with Crippen LogP contribution in [0, 0.1) is 0 Å². The van der Waals surface area contributed by atoms with Crippen molar-refractivity contribution < 1.29 is 19.0 Å². The van der Waals surface area contributed by atoms with Crippen molar-refractivity contribution >= 4 is 0 Å². The van der Waals surface area contributed by atoms with Gasteiger partial charge in [0.15, 0.2) is 0 Å². The molecule has 0 saturated carbocycles. The fraction of sp³-hybridized carbons (Fsp3) is 0.538. The summed E-state index contributed by atoms with van der Waals surface area (Å²) in [5.74, 6) is -3.32. The van der Waals surface area contributed by atoms with Crippen LogP contribution in [0.5, 0.6) is 0 Å². The summed E-state index contributed by atoms with van der Waals surface area (Å²) >= 11 is 0. The lowest BCUT2D eigenvalue weighted by atomic mass is 9.89. The summed E-state index contributed by atoms with van der Waals surface area (Å²) in [5, 5.41) is 19.3. The van der Waals surface area contributed by atoms with Crippen LogP contribution in [0.2, 0.25) is 0 Å². The average Bonchev–Trinajstić information content (AvgIpc) is 2.59. The van der Waals surface area contributed by atoms with Crippen molar-refractivity contribution in [3.63, 3.8) is 0 Å². The Hall–Kier alpha value is -1.00. The first kappa shape index (κ1) is 12.5. The molecule has 0 bridgehead atoms. The zero-order chi connectivity index (χ0) is 12.8. The fourth-order valence-corrected chi connectivity index (χ4v) is 2.26. The van der Waals surface area contributed by atoms with E-state index in [0.29, 0.717) is 24.0 Å². The van der Waals surface area contributed by atoms with Gasteiger partial charge in [-0.1, -0.05) is 18.2 Å². The minimum atomic E-state index is -3.32. The van der Waals surface area contributed by atoms with Crippen molar-refractivity contribution in [3.8, 4) is 0 Å². The third-order valence-corrected chi connectivity index (χ3v) is 3.35. The summed E-state index contributed by atoms with van der Waals surface area (Å²) in [6.07, 6.45) is 0.231. The third-order valence-electron chi connectivity index (χ3n) is 3.35. The summed E-state index contributed by atoms with van der Waals surface area (Å²) in [6, 6.07) is 4.49. The van der Waals surface area contributed by atoms with Gasteiger partial charge in [-0.3, -0.25) is 0 Å². The molecule has 1 aromatic rings. The Balaban J connectivity index is 2.55. The van der Waals surface area contributed by atoms with Crippen LogP contribution in [0.1, 0.15) is 43.1 Å². The van der Waals surface area contributed by atoms with Crippen molar-refractivity contribution in [1.82, 2.24) is 0 Å². The summed E-state index contributed by atoms with van der Waals surface area (Å²) in [4.78, 5) is 0. The molecule has 1 unspecified atom stereocenters. The van der Waals surface area contributed by atoms with Gasteiger partial charge in [0.25, 0.3) is 0 Å². The van der Waals surface area contributed by atoms with E-state index in [2.05, 4.69) is 0 Å². The van der Waals surface area contributed by atoms with E-state index in [1.807, 2.05) is 0 Å². The van der Waals surface area contributed by atoms with E-state index in [1.165, 1.54) is 12.1 Å². The molecular formula is C13H16F2O2. The van der Waals surface area contributed by atoms with Gasteiger partial charge in [-0.05, 0) is 37.8 Å². The van der Waals surface area contributed by atoms with Gasteiger partial charge < -0.3 is 10.2 Å². The Morgan fingerprint density at radius 3 is 2.53 bits per heavy atom. The lowest BCUT2D eigenvalue weighted by Crippen LogP contribution is -2.40. The van der Waals surface area contributed by atoms with E-state index in [4.69, 9.17) is 0 Å². The Kier molecular flexibility index (Phi) is 2.75. The van der Waals surface area contributed by atoms with E-state index in [9.17, 15) is 19.0 Å². The molecule has 1 aliphatic carbocycles. The molecule has 1 aromatic carbocycles. The van der Waals surface area contributed by atoms with E-state index >= 15 is 0 Å². The molecule has 0 amide bonds. The van der Waals surface area contributed by atoms with E-state index < -0.39 is 17.6 Å². The van der Waals surface area contributed by atoms with Crippen molar-refractivity contribution in [2.45, 2.75) is 44.3 Å². The number of benzene rings is 1. The van der Waals surface area contributed by atoms with E-state index in [1.54, 1.807) is 6.07 Å². The van der Waals surface area contributed by atoms with Gasteiger partial charge >= 0.3 is 5.92 Å². The molecule has 1 aliphatic rings.